The van der Waals surface area contributed by atoms with Gasteiger partial charge >= 0.3 is 0 Å². The molecule has 0 aromatic carbocycles. The fourth-order valence-corrected chi connectivity index (χ4v) is 2.48. The second-order valence-electron chi connectivity index (χ2n) is 4.82. The van der Waals surface area contributed by atoms with Crippen molar-refractivity contribution in [1.82, 2.24) is 10.3 Å². The molecule has 0 aliphatic rings. The van der Waals surface area contributed by atoms with E-state index in [9.17, 15) is 0 Å². The standard InChI is InChI=1S/C14H20N2O2S/c1-10(2)7-15-5-4-14-16-8-12(18-14)13-6-11(17-3)9-19-13/h6,8-10,15H,4-5,7H2,1-3H3. The van der Waals surface area contributed by atoms with Crippen molar-refractivity contribution >= 4 is 11.3 Å². The summed E-state index contributed by atoms with van der Waals surface area (Å²) >= 11 is 1.60. The molecule has 0 aliphatic heterocycles. The molecule has 2 aromatic heterocycles. The van der Waals surface area contributed by atoms with Gasteiger partial charge in [-0.3, -0.25) is 0 Å². The first-order valence-corrected chi connectivity index (χ1v) is 7.35. The van der Waals surface area contributed by atoms with Gasteiger partial charge in [-0.15, -0.1) is 11.3 Å². The average Bonchev–Trinajstić information content (AvgIpc) is 3.02. The third-order valence-electron chi connectivity index (χ3n) is 2.68. The van der Waals surface area contributed by atoms with Crippen LogP contribution in [-0.2, 0) is 6.42 Å². The van der Waals surface area contributed by atoms with Crippen molar-refractivity contribution in [2.24, 2.45) is 5.92 Å². The van der Waals surface area contributed by atoms with Crippen molar-refractivity contribution in [1.29, 1.82) is 0 Å². The van der Waals surface area contributed by atoms with Gasteiger partial charge < -0.3 is 14.5 Å². The summed E-state index contributed by atoms with van der Waals surface area (Å²) in [4.78, 5) is 5.35. The van der Waals surface area contributed by atoms with Crippen LogP contribution in [-0.4, -0.2) is 25.2 Å². The second kappa shape index (κ2) is 6.73. The summed E-state index contributed by atoms with van der Waals surface area (Å²) in [6.07, 6.45) is 2.60. The molecule has 4 nitrogen and oxygen atoms in total. The Hall–Kier alpha value is -1.33. The first kappa shape index (κ1) is 14.1. The zero-order valence-corrected chi connectivity index (χ0v) is 12.4. The highest BCUT2D eigenvalue weighted by molar-refractivity contribution is 7.13. The van der Waals surface area contributed by atoms with Crippen LogP contribution in [0.4, 0.5) is 0 Å². The van der Waals surface area contributed by atoms with Gasteiger partial charge in [0.2, 0.25) is 0 Å². The van der Waals surface area contributed by atoms with Gasteiger partial charge in [-0.2, -0.15) is 0 Å². The van der Waals surface area contributed by atoms with E-state index >= 15 is 0 Å². The van der Waals surface area contributed by atoms with Gasteiger partial charge in [-0.1, -0.05) is 13.8 Å². The second-order valence-corrected chi connectivity index (χ2v) is 5.73. The summed E-state index contributed by atoms with van der Waals surface area (Å²) in [6, 6.07) is 1.96. The van der Waals surface area contributed by atoms with Gasteiger partial charge in [0.25, 0.3) is 0 Å². The van der Waals surface area contributed by atoms with Gasteiger partial charge in [0, 0.05) is 24.4 Å². The number of hydrogen-bond donors (Lipinski definition) is 1. The Morgan fingerprint density at radius 2 is 2.32 bits per heavy atom. The number of nitrogens with zero attached hydrogens (tertiary/aromatic N) is 1. The van der Waals surface area contributed by atoms with Crippen LogP contribution in [0.2, 0.25) is 0 Å². The van der Waals surface area contributed by atoms with E-state index in [1.54, 1.807) is 24.6 Å². The summed E-state index contributed by atoms with van der Waals surface area (Å²) < 4.78 is 10.9. The number of ether oxygens (including phenoxy) is 1. The number of nitrogens with one attached hydrogen (secondary N) is 1. The molecular formula is C14H20N2O2S. The van der Waals surface area contributed by atoms with Crippen LogP contribution in [0.3, 0.4) is 0 Å². The maximum Gasteiger partial charge on any atom is 0.196 e. The lowest BCUT2D eigenvalue weighted by molar-refractivity contribution is 0.416. The van der Waals surface area contributed by atoms with Gasteiger partial charge in [0.05, 0.1) is 18.2 Å². The Morgan fingerprint density at radius 1 is 1.47 bits per heavy atom. The molecule has 0 amide bonds. The molecule has 1 N–H and O–H groups in total. The number of thiophene rings is 1. The third kappa shape index (κ3) is 4.08. The van der Waals surface area contributed by atoms with Crippen molar-refractivity contribution in [3.05, 3.63) is 23.5 Å². The Morgan fingerprint density at radius 3 is 3.00 bits per heavy atom. The number of aromatic nitrogens is 1. The molecule has 19 heavy (non-hydrogen) atoms. The lowest BCUT2D eigenvalue weighted by atomic mass is 10.2. The summed E-state index contributed by atoms with van der Waals surface area (Å²) in [6.45, 7) is 6.31. The predicted octanol–water partition coefficient (Wildman–Crippen LogP) is 3.20. The van der Waals surface area contributed by atoms with E-state index in [1.165, 1.54) is 0 Å². The van der Waals surface area contributed by atoms with E-state index in [0.29, 0.717) is 5.92 Å². The lowest BCUT2D eigenvalue weighted by Gasteiger charge is -2.05. The smallest absolute Gasteiger partial charge is 0.196 e. The van der Waals surface area contributed by atoms with E-state index in [1.807, 2.05) is 11.4 Å². The highest BCUT2D eigenvalue weighted by Crippen LogP contribution is 2.31. The van der Waals surface area contributed by atoms with Crippen molar-refractivity contribution in [3.63, 3.8) is 0 Å². The molecule has 2 heterocycles. The molecule has 0 fully saturated rings. The van der Waals surface area contributed by atoms with Crippen LogP contribution < -0.4 is 10.1 Å². The Bertz CT molecular complexity index is 505. The lowest BCUT2D eigenvalue weighted by Crippen LogP contribution is -2.22. The highest BCUT2D eigenvalue weighted by atomic mass is 32.1. The molecule has 0 aliphatic carbocycles. The molecule has 0 bridgehead atoms. The minimum atomic E-state index is 0.665. The van der Waals surface area contributed by atoms with Crippen LogP contribution in [0.5, 0.6) is 5.75 Å². The molecule has 0 spiro atoms. The van der Waals surface area contributed by atoms with E-state index < -0.39 is 0 Å². The first-order valence-electron chi connectivity index (χ1n) is 6.47. The molecule has 0 saturated heterocycles. The summed E-state index contributed by atoms with van der Waals surface area (Å²) in [5.74, 6) is 3.11. The first-order chi connectivity index (χ1) is 9.19. The number of rotatable bonds is 7. The zero-order valence-electron chi connectivity index (χ0n) is 11.6. The zero-order chi connectivity index (χ0) is 13.7. The van der Waals surface area contributed by atoms with E-state index in [2.05, 4.69) is 24.1 Å². The minimum Gasteiger partial charge on any atom is -0.496 e. The van der Waals surface area contributed by atoms with Crippen molar-refractivity contribution < 1.29 is 9.15 Å². The molecule has 0 unspecified atom stereocenters. The SMILES string of the molecule is COc1csc(-c2cnc(CCNCC(C)C)o2)c1. The van der Waals surface area contributed by atoms with E-state index in [-0.39, 0.29) is 0 Å². The maximum absolute atomic E-state index is 5.74. The number of oxazole rings is 1. The van der Waals surface area contributed by atoms with Gasteiger partial charge in [-0.05, 0) is 12.5 Å². The Balaban J connectivity index is 1.88. The molecule has 5 heteroatoms. The number of methoxy groups -OCH3 is 1. The average molecular weight is 280 g/mol. The molecule has 0 radical (unpaired) electrons. The third-order valence-corrected chi connectivity index (χ3v) is 3.60. The molecular weight excluding hydrogens is 260 g/mol. The maximum atomic E-state index is 5.74. The minimum absolute atomic E-state index is 0.665. The quantitative estimate of drug-likeness (QED) is 0.791. The molecule has 2 aromatic rings. The molecule has 0 atom stereocenters. The van der Waals surface area contributed by atoms with E-state index in [0.717, 1.165) is 41.8 Å². The highest BCUT2D eigenvalue weighted by Gasteiger charge is 2.09. The van der Waals surface area contributed by atoms with Gasteiger partial charge in [-0.25, -0.2) is 4.98 Å². The van der Waals surface area contributed by atoms with Crippen LogP contribution in [0.25, 0.3) is 10.6 Å². The summed E-state index contributed by atoms with van der Waals surface area (Å²) in [5.41, 5.74) is 0. The largest absolute Gasteiger partial charge is 0.496 e. The van der Waals surface area contributed by atoms with Crippen LogP contribution >= 0.6 is 11.3 Å². The van der Waals surface area contributed by atoms with Crippen LogP contribution in [0, 0.1) is 5.92 Å². The normalized spacial score (nSPS) is 11.2. The van der Waals surface area contributed by atoms with Crippen molar-refractivity contribution in [2.75, 3.05) is 20.2 Å². The predicted molar refractivity (Wildman–Crippen MR) is 77.8 cm³/mol. The Labute approximate surface area is 117 Å². The van der Waals surface area contributed by atoms with Gasteiger partial charge in [0.15, 0.2) is 11.7 Å². The summed E-state index contributed by atoms with van der Waals surface area (Å²) in [5, 5.41) is 5.34. The number of hydrogen-bond acceptors (Lipinski definition) is 5. The molecule has 2 rings (SSSR count). The Kier molecular flexibility index (Phi) is 4.99. The van der Waals surface area contributed by atoms with E-state index in [4.69, 9.17) is 9.15 Å². The van der Waals surface area contributed by atoms with Crippen LogP contribution in [0.1, 0.15) is 19.7 Å². The fraction of sp³-hybridized carbons (Fsp3) is 0.500. The monoisotopic (exact) mass is 280 g/mol. The fourth-order valence-electron chi connectivity index (χ4n) is 1.68. The molecule has 0 saturated carbocycles. The topological polar surface area (TPSA) is 47.3 Å². The molecule has 104 valence electrons. The van der Waals surface area contributed by atoms with Crippen molar-refractivity contribution in [3.8, 4) is 16.4 Å². The van der Waals surface area contributed by atoms with Crippen LogP contribution in [0.15, 0.2) is 22.1 Å². The summed E-state index contributed by atoms with van der Waals surface area (Å²) in [7, 11) is 1.66. The van der Waals surface area contributed by atoms with Crippen molar-refractivity contribution in [2.45, 2.75) is 20.3 Å². The van der Waals surface area contributed by atoms with Gasteiger partial charge in [0.1, 0.15) is 5.75 Å².